The lowest BCUT2D eigenvalue weighted by molar-refractivity contribution is 0.0463. The van der Waals surface area contributed by atoms with Crippen LogP contribution in [0.5, 0.6) is 6.08 Å². The number of benzene rings is 2. The molecule has 0 radical (unpaired) electrons. The minimum absolute atomic E-state index is 0.107. The van der Waals surface area contributed by atoms with Crippen molar-refractivity contribution in [2.24, 2.45) is 0 Å². The van der Waals surface area contributed by atoms with Crippen molar-refractivity contribution in [3.05, 3.63) is 72.3 Å². The van der Waals surface area contributed by atoms with Gasteiger partial charge in [0.1, 0.15) is 17.4 Å². The van der Waals surface area contributed by atoms with E-state index in [0.717, 1.165) is 12.8 Å². The highest BCUT2D eigenvalue weighted by molar-refractivity contribution is 6.00. The Morgan fingerprint density at radius 1 is 1.10 bits per heavy atom. The third kappa shape index (κ3) is 3.84. The van der Waals surface area contributed by atoms with Crippen molar-refractivity contribution in [3.8, 4) is 17.5 Å². The number of hydrogen-bond acceptors (Lipinski definition) is 6. The molecule has 1 aliphatic rings. The summed E-state index contributed by atoms with van der Waals surface area (Å²) in [4.78, 5) is 27.5. The van der Waals surface area contributed by atoms with E-state index >= 15 is 0 Å². The van der Waals surface area contributed by atoms with E-state index in [1.807, 2.05) is 24.3 Å². The van der Waals surface area contributed by atoms with E-state index in [2.05, 4.69) is 15.0 Å². The zero-order chi connectivity index (χ0) is 21.2. The Balaban J connectivity index is 1.37. The predicted molar refractivity (Wildman–Crippen MR) is 111 cm³/mol. The Labute approximate surface area is 177 Å². The van der Waals surface area contributed by atoms with Gasteiger partial charge in [0.15, 0.2) is 11.4 Å². The van der Waals surface area contributed by atoms with Crippen LogP contribution in [0, 0.1) is 5.82 Å². The summed E-state index contributed by atoms with van der Waals surface area (Å²) in [6, 6.07) is 13.5. The molecule has 4 aromatic rings. The molecule has 0 bridgehead atoms. The molecule has 0 unspecified atom stereocenters. The molecule has 7 nitrogen and oxygen atoms in total. The van der Waals surface area contributed by atoms with Crippen molar-refractivity contribution in [2.45, 2.75) is 18.9 Å². The van der Waals surface area contributed by atoms with Crippen LogP contribution in [0.2, 0.25) is 0 Å². The number of carbonyl (C=O) groups excluding carboxylic acids is 1. The number of amides is 1. The lowest BCUT2D eigenvalue weighted by Gasteiger charge is -2.32. The monoisotopic (exact) mass is 418 g/mol. The largest absolute Gasteiger partial charge is 0.445 e. The van der Waals surface area contributed by atoms with E-state index in [9.17, 15) is 9.18 Å². The van der Waals surface area contributed by atoms with Crippen molar-refractivity contribution in [2.75, 3.05) is 13.1 Å². The van der Waals surface area contributed by atoms with Crippen LogP contribution in [0.25, 0.3) is 22.5 Å². The molecule has 8 heteroatoms. The Morgan fingerprint density at radius 3 is 2.77 bits per heavy atom. The number of nitrogens with zero attached hydrogens (tertiary/aromatic N) is 4. The number of piperidine rings is 1. The summed E-state index contributed by atoms with van der Waals surface area (Å²) in [5.74, 6) is -0.638. The van der Waals surface area contributed by atoms with E-state index in [-0.39, 0.29) is 35.0 Å². The fourth-order valence-electron chi connectivity index (χ4n) is 3.79. The summed E-state index contributed by atoms with van der Waals surface area (Å²) in [6.07, 6.45) is 4.48. The van der Waals surface area contributed by atoms with E-state index in [4.69, 9.17) is 9.15 Å². The summed E-state index contributed by atoms with van der Waals surface area (Å²) in [7, 11) is 0. The van der Waals surface area contributed by atoms with Crippen LogP contribution in [-0.2, 0) is 0 Å². The first kappa shape index (κ1) is 19.2. The molecule has 0 N–H and O–H groups in total. The maximum Gasteiger partial charge on any atom is 0.394 e. The van der Waals surface area contributed by atoms with Crippen LogP contribution in [-0.4, -0.2) is 45.0 Å². The Morgan fingerprint density at radius 2 is 1.94 bits per heavy atom. The fraction of sp³-hybridized carbons (Fsp3) is 0.217. The SMILES string of the molecule is O=C(c1cccc(F)c1-c1ncccn1)N1CCC[C@@H](Oc2nc3ccccc3o2)C1. The molecular formula is C23H19FN4O3. The molecule has 156 valence electrons. The predicted octanol–water partition coefficient (Wildman–Crippen LogP) is 4.11. The Kier molecular flexibility index (Phi) is 5.03. The molecule has 31 heavy (non-hydrogen) atoms. The first-order chi connectivity index (χ1) is 15.2. The van der Waals surface area contributed by atoms with Gasteiger partial charge in [0.2, 0.25) is 0 Å². The van der Waals surface area contributed by atoms with Gasteiger partial charge in [0.05, 0.1) is 17.7 Å². The van der Waals surface area contributed by atoms with E-state index < -0.39 is 5.82 Å². The van der Waals surface area contributed by atoms with Gasteiger partial charge in [-0.3, -0.25) is 4.79 Å². The number of oxazole rings is 1. The molecule has 1 amide bonds. The molecule has 2 aromatic heterocycles. The molecule has 0 aliphatic carbocycles. The van der Waals surface area contributed by atoms with Crippen LogP contribution in [0.3, 0.4) is 0 Å². The molecule has 0 spiro atoms. The second kappa shape index (κ2) is 8.14. The van der Waals surface area contributed by atoms with Gasteiger partial charge in [0.25, 0.3) is 5.91 Å². The van der Waals surface area contributed by atoms with Crippen LogP contribution in [0.1, 0.15) is 23.2 Å². The molecule has 1 saturated heterocycles. The van der Waals surface area contributed by atoms with E-state index in [1.54, 1.807) is 17.0 Å². The van der Waals surface area contributed by atoms with Gasteiger partial charge >= 0.3 is 6.08 Å². The molecule has 0 saturated carbocycles. The van der Waals surface area contributed by atoms with E-state index in [1.165, 1.54) is 24.5 Å². The molecule has 5 rings (SSSR count). The average molecular weight is 418 g/mol. The number of ether oxygens (including phenoxy) is 1. The number of halogens is 1. The first-order valence-corrected chi connectivity index (χ1v) is 10.1. The van der Waals surface area contributed by atoms with Gasteiger partial charge < -0.3 is 14.1 Å². The quantitative estimate of drug-likeness (QED) is 0.496. The van der Waals surface area contributed by atoms with Crippen LogP contribution in [0.4, 0.5) is 4.39 Å². The minimum Gasteiger partial charge on any atom is -0.445 e. The van der Waals surface area contributed by atoms with Gasteiger partial charge in [-0.15, -0.1) is 0 Å². The average Bonchev–Trinajstić information content (AvgIpc) is 3.21. The van der Waals surface area contributed by atoms with Crippen molar-refractivity contribution >= 4 is 17.0 Å². The van der Waals surface area contributed by atoms with Crippen LogP contribution < -0.4 is 4.74 Å². The number of carbonyl (C=O) groups is 1. The number of hydrogen-bond donors (Lipinski definition) is 0. The number of para-hydroxylation sites is 2. The second-order valence-electron chi connectivity index (χ2n) is 7.32. The molecule has 1 atom stereocenters. The normalized spacial score (nSPS) is 16.4. The molecule has 1 aliphatic heterocycles. The topological polar surface area (TPSA) is 81.4 Å². The van der Waals surface area contributed by atoms with Crippen molar-refractivity contribution in [3.63, 3.8) is 0 Å². The van der Waals surface area contributed by atoms with Crippen LogP contribution >= 0.6 is 0 Å². The smallest absolute Gasteiger partial charge is 0.394 e. The second-order valence-corrected chi connectivity index (χ2v) is 7.32. The number of aromatic nitrogens is 3. The number of fused-ring (bicyclic) bond motifs is 1. The maximum absolute atomic E-state index is 14.6. The van der Waals surface area contributed by atoms with Gasteiger partial charge in [-0.25, -0.2) is 14.4 Å². The minimum atomic E-state index is -0.534. The summed E-state index contributed by atoms with van der Waals surface area (Å²) < 4.78 is 26.2. The zero-order valence-electron chi connectivity index (χ0n) is 16.6. The lowest BCUT2D eigenvalue weighted by atomic mass is 10.0. The van der Waals surface area contributed by atoms with Gasteiger partial charge in [0, 0.05) is 18.9 Å². The summed E-state index contributed by atoms with van der Waals surface area (Å²) >= 11 is 0. The summed E-state index contributed by atoms with van der Waals surface area (Å²) in [6.45, 7) is 0.904. The Bertz CT molecular complexity index is 1190. The molecule has 2 aromatic carbocycles. The maximum atomic E-state index is 14.6. The van der Waals surface area contributed by atoms with Gasteiger partial charge in [-0.05, 0) is 43.2 Å². The molecular weight excluding hydrogens is 399 g/mol. The standard InChI is InChI=1S/C23H19FN4O3/c24-17-8-3-7-16(20(17)21-25-11-5-12-26-21)22(29)28-13-4-6-15(14-28)30-23-27-18-9-1-2-10-19(18)31-23/h1-3,5,7-12,15H,4,6,13-14H2/t15-/m1/s1. The molecule has 3 heterocycles. The fourth-order valence-corrected chi connectivity index (χ4v) is 3.79. The van der Waals surface area contributed by atoms with Gasteiger partial charge in [-0.2, -0.15) is 4.98 Å². The third-order valence-electron chi connectivity index (χ3n) is 5.24. The van der Waals surface area contributed by atoms with Gasteiger partial charge in [-0.1, -0.05) is 18.2 Å². The lowest BCUT2D eigenvalue weighted by Crippen LogP contribution is -2.44. The van der Waals surface area contributed by atoms with Crippen molar-refractivity contribution in [1.82, 2.24) is 19.9 Å². The van der Waals surface area contributed by atoms with E-state index in [0.29, 0.717) is 24.2 Å². The number of rotatable bonds is 4. The summed E-state index contributed by atoms with van der Waals surface area (Å²) in [5.41, 5.74) is 1.70. The highest BCUT2D eigenvalue weighted by Crippen LogP contribution is 2.27. The van der Waals surface area contributed by atoms with Crippen molar-refractivity contribution < 1.29 is 18.3 Å². The Hall–Kier alpha value is -3.81. The summed E-state index contributed by atoms with van der Waals surface area (Å²) in [5, 5.41) is 0. The highest BCUT2D eigenvalue weighted by Gasteiger charge is 2.29. The van der Waals surface area contributed by atoms with Crippen LogP contribution in [0.15, 0.2) is 65.3 Å². The highest BCUT2D eigenvalue weighted by atomic mass is 19.1. The third-order valence-corrected chi connectivity index (χ3v) is 5.24. The zero-order valence-corrected chi connectivity index (χ0v) is 16.6. The van der Waals surface area contributed by atoms with Crippen molar-refractivity contribution in [1.29, 1.82) is 0 Å². The molecule has 1 fully saturated rings. The number of likely N-dealkylation sites (tertiary alicyclic amines) is 1. The first-order valence-electron chi connectivity index (χ1n) is 10.1.